The first-order chi connectivity index (χ1) is 11.4. The minimum absolute atomic E-state index is 0.0443. The lowest BCUT2D eigenvalue weighted by Gasteiger charge is -2.12. The Morgan fingerprint density at radius 3 is 2.33 bits per heavy atom. The highest BCUT2D eigenvalue weighted by atomic mass is 32.2. The number of sulfone groups is 1. The first-order valence-electron chi connectivity index (χ1n) is 7.73. The third kappa shape index (κ3) is 3.12. The fourth-order valence-corrected chi connectivity index (χ4v) is 4.26. The number of rotatable bonds is 2. The van der Waals surface area contributed by atoms with Crippen molar-refractivity contribution >= 4 is 27.4 Å². The number of Topliss-reactive ketones (excluding diaryl/α,β-unsaturated/α-hetero) is 1. The molecule has 2 aromatic rings. The third-order valence-electron chi connectivity index (χ3n) is 4.15. The lowest BCUT2D eigenvalue weighted by Crippen LogP contribution is -2.08. The Bertz CT molecular complexity index is 910. The van der Waals surface area contributed by atoms with Crippen LogP contribution in [0.1, 0.15) is 22.3 Å². The van der Waals surface area contributed by atoms with Gasteiger partial charge in [-0.15, -0.1) is 0 Å². The van der Waals surface area contributed by atoms with Gasteiger partial charge in [-0.1, -0.05) is 24.3 Å². The maximum atomic E-state index is 12.8. The molecule has 0 N–H and O–H groups in total. The van der Waals surface area contributed by atoms with Crippen LogP contribution in [0.2, 0.25) is 0 Å². The molecule has 1 aliphatic heterocycles. The molecule has 24 heavy (non-hydrogen) atoms. The fraction of sp³-hybridized carbons (Fsp3) is 0.211. The van der Waals surface area contributed by atoms with Gasteiger partial charge in [-0.05, 0) is 42.3 Å². The van der Waals surface area contributed by atoms with E-state index in [-0.39, 0.29) is 28.4 Å². The highest BCUT2D eigenvalue weighted by Gasteiger charge is 2.28. The van der Waals surface area contributed by atoms with Gasteiger partial charge in [0.05, 0.1) is 10.6 Å². The Hall–Kier alpha value is -2.40. The summed E-state index contributed by atoms with van der Waals surface area (Å²) >= 11 is 0. The molecule has 0 saturated carbocycles. The van der Waals surface area contributed by atoms with E-state index in [9.17, 15) is 13.2 Å². The van der Waals surface area contributed by atoms with Crippen molar-refractivity contribution in [1.82, 2.24) is 0 Å². The quantitative estimate of drug-likeness (QED) is 0.787. The number of nitrogens with zero attached hydrogens (tertiary/aromatic N) is 1. The Morgan fingerprint density at radius 1 is 1.00 bits per heavy atom. The third-order valence-corrected chi connectivity index (χ3v) is 5.92. The van der Waals surface area contributed by atoms with Crippen molar-refractivity contribution in [2.45, 2.75) is 11.3 Å². The predicted molar refractivity (Wildman–Crippen MR) is 96.2 cm³/mol. The van der Waals surface area contributed by atoms with Gasteiger partial charge in [-0.2, -0.15) is 0 Å². The van der Waals surface area contributed by atoms with Crippen LogP contribution in [0.5, 0.6) is 0 Å². The van der Waals surface area contributed by atoms with Gasteiger partial charge in [0.1, 0.15) is 0 Å². The molecule has 2 aromatic carbocycles. The lowest BCUT2D eigenvalue weighted by molar-refractivity contribution is 0.103. The van der Waals surface area contributed by atoms with E-state index in [1.165, 1.54) is 6.07 Å². The topological polar surface area (TPSA) is 54.5 Å². The minimum atomic E-state index is -3.42. The van der Waals surface area contributed by atoms with E-state index >= 15 is 0 Å². The highest BCUT2D eigenvalue weighted by Crippen LogP contribution is 2.28. The monoisotopic (exact) mass is 341 g/mol. The van der Waals surface area contributed by atoms with Crippen LogP contribution in [0, 0.1) is 0 Å². The summed E-state index contributed by atoms with van der Waals surface area (Å²) in [6, 6.07) is 14.2. The molecule has 0 saturated heterocycles. The van der Waals surface area contributed by atoms with Gasteiger partial charge in [-0.25, -0.2) is 8.42 Å². The van der Waals surface area contributed by atoms with Crippen molar-refractivity contribution in [2.75, 3.05) is 24.7 Å². The highest BCUT2D eigenvalue weighted by molar-refractivity contribution is 7.91. The van der Waals surface area contributed by atoms with E-state index in [1.807, 2.05) is 43.3 Å². The maximum Gasteiger partial charge on any atom is 0.190 e. The lowest BCUT2D eigenvalue weighted by atomic mass is 9.99. The summed E-state index contributed by atoms with van der Waals surface area (Å²) < 4.78 is 24.7. The van der Waals surface area contributed by atoms with E-state index < -0.39 is 9.84 Å². The van der Waals surface area contributed by atoms with E-state index in [2.05, 4.69) is 0 Å². The summed E-state index contributed by atoms with van der Waals surface area (Å²) in [7, 11) is 0.502. The summed E-state index contributed by atoms with van der Waals surface area (Å²) in [5.74, 6) is -0.249. The SMILES string of the molecule is CN(C)c1ccc(/C=C2/CCS(=O)(=O)c3ccccc3C2=O)cc1. The number of fused-ring (bicyclic) bond motifs is 1. The Labute approximate surface area is 142 Å². The fourth-order valence-electron chi connectivity index (χ4n) is 2.77. The van der Waals surface area contributed by atoms with Gasteiger partial charge in [0, 0.05) is 30.9 Å². The van der Waals surface area contributed by atoms with Crippen LogP contribution in [0.25, 0.3) is 6.08 Å². The van der Waals surface area contributed by atoms with Crippen LogP contribution in [0.3, 0.4) is 0 Å². The van der Waals surface area contributed by atoms with Crippen LogP contribution in [-0.4, -0.2) is 34.0 Å². The second-order valence-electron chi connectivity index (χ2n) is 6.05. The van der Waals surface area contributed by atoms with Crippen LogP contribution in [0.4, 0.5) is 5.69 Å². The van der Waals surface area contributed by atoms with Crippen molar-refractivity contribution < 1.29 is 13.2 Å². The summed E-state index contributed by atoms with van der Waals surface area (Å²) in [6.07, 6.45) is 2.02. The molecule has 0 aliphatic carbocycles. The van der Waals surface area contributed by atoms with Crippen LogP contribution < -0.4 is 4.90 Å². The first-order valence-corrected chi connectivity index (χ1v) is 9.38. The van der Waals surface area contributed by atoms with Crippen molar-refractivity contribution in [2.24, 2.45) is 0 Å². The molecule has 0 amide bonds. The zero-order chi connectivity index (χ0) is 17.3. The van der Waals surface area contributed by atoms with Gasteiger partial charge < -0.3 is 4.90 Å². The number of anilines is 1. The molecule has 1 heterocycles. The van der Waals surface area contributed by atoms with Gasteiger partial charge in [0.2, 0.25) is 0 Å². The molecule has 0 bridgehead atoms. The van der Waals surface area contributed by atoms with Crippen LogP contribution >= 0.6 is 0 Å². The number of allylic oxidation sites excluding steroid dienone is 1. The zero-order valence-corrected chi connectivity index (χ0v) is 14.5. The van der Waals surface area contributed by atoms with E-state index in [4.69, 9.17) is 0 Å². The van der Waals surface area contributed by atoms with E-state index in [1.54, 1.807) is 24.3 Å². The largest absolute Gasteiger partial charge is 0.378 e. The molecule has 1 aliphatic rings. The Balaban J connectivity index is 2.02. The summed E-state index contributed by atoms with van der Waals surface area (Å²) in [6.45, 7) is 0. The van der Waals surface area contributed by atoms with E-state index in [0.717, 1.165) is 11.3 Å². The molecule has 4 nitrogen and oxygen atoms in total. The number of benzene rings is 2. The van der Waals surface area contributed by atoms with E-state index in [0.29, 0.717) is 5.57 Å². The van der Waals surface area contributed by atoms with Gasteiger partial charge in [0.25, 0.3) is 0 Å². The number of ketones is 1. The average Bonchev–Trinajstić information content (AvgIpc) is 2.66. The normalized spacial score (nSPS) is 18.1. The number of carbonyl (C=O) groups is 1. The molecule has 0 spiro atoms. The molecular formula is C19H19NO3S. The predicted octanol–water partition coefficient (Wildman–Crippen LogP) is 3.20. The van der Waals surface area contributed by atoms with Gasteiger partial charge in [-0.3, -0.25) is 4.79 Å². The first kappa shape index (κ1) is 16.5. The maximum absolute atomic E-state index is 12.8. The summed E-state index contributed by atoms with van der Waals surface area (Å²) in [4.78, 5) is 14.9. The van der Waals surface area contributed by atoms with Crippen molar-refractivity contribution in [3.63, 3.8) is 0 Å². The second kappa shape index (κ2) is 6.24. The summed E-state index contributed by atoms with van der Waals surface area (Å²) in [5.41, 5.74) is 2.75. The minimum Gasteiger partial charge on any atom is -0.378 e. The average molecular weight is 341 g/mol. The molecule has 0 radical (unpaired) electrons. The molecule has 0 aromatic heterocycles. The molecule has 0 unspecified atom stereocenters. The molecule has 124 valence electrons. The van der Waals surface area contributed by atoms with Crippen LogP contribution in [0.15, 0.2) is 59.0 Å². The van der Waals surface area contributed by atoms with Crippen LogP contribution in [-0.2, 0) is 9.84 Å². The van der Waals surface area contributed by atoms with Crippen molar-refractivity contribution in [3.8, 4) is 0 Å². The van der Waals surface area contributed by atoms with Gasteiger partial charge in [0.15, 0.2) is 15.6 Å². The van der Waals surface area contributed by atoms with Crippen molar-refractivity contribution in [1.29, 1.82) is 0 Å². The zero-order valence-electron chi connectivity index (χ0n) is 13.7. The molecule has 5 heteroatoms. The Kier molecular flexibility index (Phi) is 4.28. The van der Waals surface area contributed by atoms with Crippen molar-refractivity contribution in [3.05, 3.63) is 65.2 Å². The molecule has 0 fully saturated rings. The summed E-state index contributed by atoms with van der Waals surface area (Å²) in [5, 5.41) is 0. The van der Waals surface area contributed by atoms with Gasteiger partial charge >= 0.3 is 0 Å². The number of hydrogen-bond donors (Lipinski definition) is 0. The molecule has 3 rings (SSSR count). The second-order valence-corrected chi connectivity index (χ2v) is 8.13. The standard InChI is InChI=1S/C19H19NO3S/c1-20(2)16-9-7-14(8-10-16)13-15-11-12-24(22,23)18-6-4-3-5-17(18)19(15)21/h3-10,13H,11-12H2,1-2H3/b15-13-. The number of carbonyl (C=O) groups excluding carboxylic acids is 1. The molecular weight excluding hydrogens is 322 g/mol. The number of hydrogen-bond acceptors (Lipinski definition) is 4. The smallest absolute Gasteiger partial charge is 0.190 e. The molecule has 0 atom stereocenters. The Morgan fingerprint density at radius 2 is 1.67 bits per heavy atom.